The van der Waals surface area contributed by atoms with E-state index in [4.69, 9.17) is 0 Å². The summed E-state index contributed by atoms with van der Waals surface area (Å²) in [7, 11) is 7.99. The van der Waals surface area contributed by atoms with E-state index in [0.29, 0.717) is 5.56 Å². The molecule has 18 heavy (non-hydrogen) atoms. The lowest BCUT2D eigenvalue weighted by molar-refractivity contribution is 1.12. The van der Waals surface area contributed by atoms with Gasteiger partial charge in [-0.25, -0.2) is 0 Å². The van der Waals surface area contributed by atoms with Crippen LogP contribution in [0, 0.1) is 11.3 Å². The number of hydrogen-bond acceptors (Lipinski definition) is 3. The molecule has 0 bridgehead atoms. The zero-order valence-corrected chi connectivity index (χ0v) is 11.2. The van der Waals surface area contributed by atoms with Gasteiger partial charge < -0.3 is 9.80 Å². The second kappa shape index (κ2) is 4.58. The Hall–Kier alpha value is -2.21. The Labute approximate surface area is 108 Å². The van der Waals surface area contributed by atoms with Crippen molar-refractivity contribution in [2.45, 2.75) is 0 Å². The molecule has 92 valence electrons. The molecule has 0 unspecified atom stereocenters. The zero-order valence-electron chi connectivity index (χ0n) is 11.2. The molecule has 2 aromatic carbocycles. The highest BCUT2D eigenvalue weighted by Gasteiger charge is 2.13. The average molecular weight is 239 g/mol. The van der Waals surface area contributed by atoms with Crippen LogP contribution in [0.15, 0.2) is 30.3 Å². The van der Waals surface area contributed by atoms with E-state index in [0.717, 1.165) is 22.1 Å². The molecule has 0 aliphatic heterocycles. The molecule has 0 aliphatic carbocycles. The summed E-state index contributed by atoms with van der Waals surface area (Å²) in [6.45, 7) is 0. The Morgan fingerprint density at radius 1 is 0.944 bits per heavy atom. The van der Waals surface area contributed by atoms with Crippen LogP contribution in [0.5, 0.6) is 0 Å². The van der Waals surface area contributed by atoms with Gasteiger partial charge in [0, 0.05) is 39.3 Å². The van der Waals surface area contributed by atoms with Crippen molar-refractivity contribution in [1.29, 1.82) is 5.26 Å². The first-order valence-electron chi connectivity index (χ1n) is 5.86. The largest absolute Gasteiger partial charge is 0.377 e. The fourth-order valence-electron chi connectivity index (χ4n) is 2.27. The van der Waals surface area contributed by atoms with Crippen LogP contribution in [-0.4, -0.2) is 28.2 Å². The predicted octanol–water partition coefficient (Wildman–Crippen LogP) is 2.84. The van der Waals surface area contributed by atoms with Crippen molar-refractivity contribution in [1.82, 2.24) is 0 Å². The Morgan fingerprint density at radius 2 is 1.67 bits per heavy atom. The quantitative estimate of drug-likeness (QED) is 0.807. The van der Waals surface area contributed by atoms with Gasteiger partial charge in [0.2, 0.25) is 0 Å². The third kappa shape index (κ3) is 1.86. The summed E-state index contributed by atoms with van der Waals surface area (Å²) in [5, 5.41) is 11.6. The molecule has 0 amide bonds. The van der Waals surface area contributed by atoms with Crippen molar-refractivity contribution >= 4 is 22.1 Å². The monoisotopic (exact) mass is 239 g/mol. The van der Waals surface area contributed by atoms with Gasteiger partial charge in [0.1, 0.15) is 6.07 Å². The van der Waals surface area contributed by atoms with Gasteiger partial charge in [-0.05, 0) is 17.5 Å². The maximum absolute atomic E-state index is 9.27. The highest BCUT2D eigenvalue weighted by Crippen LogP contribution is 2.36. The van der Waals surface area contributed by atoms with Crippen LogP contribution >= 0.6 is 0 Å². The Kier molecular flexibility index (Phi) is 3.12. The third-order valence-corrected chi connectivity index (χ3v) is 3.05. The zero-order chi connectivity index (χ0) is 13.3. The molecule has 0 radical (unpaired) electrons. The highest BCUT2D eigenvalue weighted by atomic mass is 15.1. The van der Waals surface area contributed by atoms with Crippen LogP contribution in [-0.2, 0) is 0 Å². The molecule has 0 saturated heterocycles. The standard InChI is InChI=1S/C15H17N3/c1-17(2)13-7-5-6-11-8-9-12(10-16)15(14(11)13)18(3)4/h5-9H,1-4H3. The molecule has 3 nitrogen and oxygen atoms in total. The first-order valence-corrected chi connectivity index (χ1v) is 5.86. The van der Waals surface area contributed by atoms with Gasteiger partial charge in [0.05, 0.1) is 11.3 Å². The van der Waals surface area contributed by atoms with Crippen LogP contribution in [0.2, 0.25) is 0 Å². The lowest BCUT2D eigenvalue weighted by atomic mass is 10.0. The maximum atomic E-state index is 9.27. The van der Waals surface area contributed by atoms with Crippen molar-refractivity contribution in [3.63, 3.8) is 0 Å². The summed E-state index contributed by atoms with van der Waals surface area (Å²) in [6, 6.07) is 12.4. The molecular formula is C15H17N3. The van der Waals surface area contributed by atoms with Crippen molar-refractivity contribution in [3.05, 3.63) is 35.9 Å². The summed E-state index contributed by atoms with van der Waals surface area (Å²) in [4.78, 5) is 4.09. The number of rotatable bonds is 2. The lowest BCUT2D eigenvalue weighted by Gasteiger charge is -2.22. The molecule has 0 heterocycles. The minimum absolute atomic E-state index is 0.710. The SMILES string of the molecule is CN(C)c1cccc2ccc(C#N)c(N(C)C)c12. The van der Waals surface area contributed by atoms with E-state index in [1.54, 1.807) is 0 Å². The van der Waals surface area contributed by atoms with E-state index >= 15 is 0 Å². The maximum Gasteiger partial charge on any atom is 0.101 e. The molecular weight excluding hydrogens is 222 g/mol. The van der Waals surface area contributed by atoms with E-state index < -0.39 is 0 Å². The predicted molar refractivity (Wildman–Crippen MR) is 77.3 cm³/mol. The first-order chi connectivity index (χ1) is 8.56. The second-order valence-electron chi connectivity index (χ2n) is 4.74. The normalized spacial score (nSPS) is 10.2. The van der Waals surface area contributed by atoms with Crippen LogP contribution < -0.4 is 9.80 Å². The van der Waals surface area contributed by atoms with Crippen molar-refractivity contribution < 1.29 is 0 Å². The Bertz CT molecular complexity index is 621. The topological polar surface area (TPSA) is 30.3 Å². The first kappa shape index (κ1) is 12.3. The fourth-order valence-corrected chi connectivity index (χ4v) is 2.27. The molecule has 0 atom stereocenters. The lowest BCUT2D eigenvalue weighted by Crippen LogP contribution is -2.14. The summed E-state index contributed by atoms with van der Waals surface area (Å²) >= 11 is 0. The number of hydrogen-bond donors (Lipinski definition) is 0. The molecule has 3 heteroatoms. The van der Waals surface area contributed by atoms with Crippen LogP contribution in [0.3, 0.4) is 0 Å². The molecule has 2 rings (SSSR count). The third-order valence-electron chi connectivity index (χ3n) is 3.05. The second-order valence-corrected chi connectivity index (χ2v) is 4.74. The van der Waals surface area contributed by atoms with Gasteiger partial charge in [0.25, 0.3) is 0 Å². The number of fused-ring (bicyclic) bond motifs is 1. The molecule has 0 aliphatic rings. The smallest absolute Gasteiger partial charge is 0.101 e. The Morgan fingerprint density at radius 3 is 2.22 bits per heavy atom. The van der Waals surface area contributed by atoms with Gasteiger partial charge in [-0.15, -0.1) is 0 Å². The molecule has 2 aromatic rings. The number of anilines is 2. The van der Waals surface area contributed by atoms with Crippen molar-refractivity contribution in [2.24, 2.45) is 0 Å². The summed E-state index contributed by atoms with van der Waals surface area (Å²) < 4.78 is 0. The number of nitriles is 1. The van der Waals surface area contributed by atoms with Gasteiger partial charge in [-0.1, -0.05) is 18.2 Å². The molecule has 0 saturated carbocycles. The van der Waals surface area contributed by atoms with E-state index in [1.807, 2.05) is 51.3 Å². The van der Waals surface area contributed by atoms with Gasteiger partial charge >= 0.3 is 0 Å². The van der Waals surface area contributed by atoms with Crippen molar-refractivity contribution in [2.75, 3.05) is 38.0 Å². The molecule has 0 spiro atoms. The minimum Gasteiger partial charge on any atom is -0.377 e. The summed E-state index contributed by atoms with van der Waals surface area (Å²) in [5.74, 6) is 0. The molecule has 0 fully saturated rings. The minimum atomic E-state index is 0.710. The summed E-state index contributed by atoms with van der Waals surface area (Å²) in [5.41, 5.74) is 2.83. The van der Waals surface area contributed by atoms with Crippen LogP contribution in [0.1, 0.15) is 5.56 Å². The van der Waals surface area contributed by atoms with Gasteiger partial charge in [-0.2, -0.15) is 5.26 Å². The van der Waals surface area contributed by atoms with E-state index in [1.165, 1.54) is 0 Å². The molecule has 0 N–H and O–H groups in total. The average Bonchev–Trinajstić information content (AvgIpc) is 2.35. The van der Waals surface area contributed by atoms with Crippen LogP contribution in [0.25, 0.3) is 10.8 Å². The highest BCUT2D eigenvalue weighted by molar-refractivity contribution is 6.05. The van der Waals surface area contributed by atoms with E-state index in [9.17, 15) is 5.26 Å². The number of nitrogens with zero attached hydrogens (tertiary/aromatic N) is 3. The van der Waals surface area contributed by atoms with Gasteiger partial charge in [-0.3, -0.25) is 0 Å². The van der Waals surface area contributed by atoms with E-state index in [2.05, 4.69) is 23.1 Å². The van der Waals surface area contributed by atoms with Gasteiger partial charge in [0.15, 0.2) is 0 Å². The molecule has 0 aromatic heterocycles. The van der Waals surface area contributed by atoms with E-state index in [-0.39, 0.29) is 0 Å². The number of benzene rings is 2. The fraction of sp³-hybridized carbons (Fsp3) is 0.267. The van der Waals surface area contributed by atoms with Crippen molar-refractivity contribution in [3.8, 4) is 6.07 Å². The Balaban J connectivity index is 2.94. The van der Waals surface area contributed by atoms with Crippen LogP contribution in [0.4, 0.5) is 11.4 Å². The summed E-state index contributed by atoms with van der Waals surface area (Å²) in [6.07, 6.45) is 0.